The minimum absolute atomic E-state index is 0.837. The monoisotopic (exact) mass is 237 g/mol. The molecule has 0 bridgehead atoms. The van der Waals surface area contributed by atoms with Crippen LogP contribution in [-0.2, 0) is 0 Å². The van der Waals surface area contributed by atoms with Crippen molar-refractivity contribution in [1.29, 1.82) is 0 Å². The summed E-state index contributed by atoms with van der Waals surface area (Å²) in [6.45, 7) is 2.38. The van der Waals surface area contributed by atoms with Crippen LogP contribution in [0, 0.1) is 5.92 Å². The molecule has 0 radical (unpaired) electrons. The molecule has 1 heteroatoms. The predicted octanol–water partition coefficient (Wildman–Crippen LogP) is 4.66. The maximum atomic E-state index is 3.89. The maximum absolute atomic E-state index is 3.89. The van der Waals surface area contributed by atoms with E-state index in [-0.39, 0.29) is 0 Å². The van der Waals surface area contributed by atoms with Crippen LogP contribution in [-0.4, -0.2) is 12.1 Å². The molecule has 1 nitrogen and oxygen atoms in total. The molecule has 0 saturated heterocycles. The highest BCUT2D eigenvalue weighted by Gasteiger charge is 2.33. The molecule has 0 aromatic carbocycles. The Balaban J connectivity index is 1.68. The van der Waals surface area contributed by atoms with Crippen LogP contribution in [0.3, 0.4) is 0 Å². The Labute approximate surface area is 108 Å². The van der Waals surface area contributed by atoms with Gasteiger partial charge in [0.05, 0.1) is 0 Å². The van der Waals surface area contributed by atoms with Gasteiger partial charge in [-0.3, -0.25) is 0 Å². The van der Waals surface area contributed by atoms with Crippen LogP contribution in [0.25, 0.3) is 0 Å². The van der Waals surface area contributed by atoms with E-state index in [1.165, 1.54) is 77.0 Å². The van der Waals surface area contributed by atoms with Crippen molar-refractivity contribution in [3.63, 3.8) is 0 Å². The van der Waals surface area contributed by atoms with Gasteiger partial charge < -0.3 is 5.32 Å². The van der Waals surface area contributed by atoms with Gasteiger partial charge in [0.25, 0.3) is 0 Å². The molecule has 2 fully saturated rings. The summed E-state index contributed by atoms with van der Waals surface area (Å²) in [6, 6.07) is 1.71. The Morgan fingerprint density at radius 1 is 0.706 bits per heavy atom. The fraction of sp³-hybridized carbons (Fsp3) is 1.00. The Morgan fingerprint density at radius 2 is 1.12 bits per heavy atom. The van der Waals surface area contributed by atoms with Crippen LogP contribution in [0.5, 0.6) is 0 Å². The van der Waals surface area contributed by atoms with E-state index >= 15 is 0 Å². The van der Waals surface area contributed by atoms with Crippen molar-refractivity contribution < 1.29 is 0 Å². The Kier molecular flexibility index (Phi) is 5.84. The summed E-state index contributed by atoms with van der Waals surface area (Å²) in [5, 5.41) is 3.89. The summed E-state index contributed by atoms with van der Waals surface area (Å²) >= 11 is 0. The molecule has 0 amide bonds. The number of rotatable bonds is 2. The van der Waals surface area contributed by atoms with Crippen molar-refractivity contribution in [3.8, 4) is 0 Å². The second-order valence-electron chi connectivity index (χ2n) is 6.44. The van der Waals surface area contributed by atoms with Crippen LogP contribution >= 0.6 is 0 Å². The second kappa shape index (κ2) is 7.41. The van der Waals surface area contributed by atoms with Crippen LogP contribution in [0.1, 0.15) is 84.0 Å². The van der Waals surface area contributed by atoms with Gasteiger partial charge >= 0.3 is 0 Å². The fourth-order valence-electron chi connectivity index (χ4n) is 3.19. The average Bonchev–Trinajstić information content (AvgIpc) is 2.98. The second-order valence-corrected chi connectivity index (χ2v) is 6.44. The predicted molar refractivity (Wildman–Crippen MR) is 75.3 cm³/mol. The summed E-state index contributed by atoms with van der Waals surface area (Å²) in [7, 11) is 0. The quantitative estimate of drug-likeness (QED) is 0.736. The number of nitrogens with one attached hydrogen (secondary N) is 1. The highest BCUT2D eigenvalue weighted by atomic mass is 15.0. The minimum Gasteiger partial charge on any atom is -0.311 e. The molecule has 0 aromatic rings. The van der Waals surface area contributed by atoms with E-state index in [0.717, 1.165) is 18.0 Å². The lowest BCUT2D eigenvalue weighted by Gasteiger charge is -2.19. The van der Waals surface area contributed by atoms with E-state index in [1.54, 1.807) is 0 Å². The normalized spacial score (nSPS) is 33.7. The zero-order chi connectivity index (χ0) is 11.9. The van der Waals surface area contributed by atoms with E-state index in [9.17, 15) is 0 Å². The highest BCUT2D eigenvalue weighted by molar-refractivity contribution is 4.91. The summed E-state index contributed by atoms with van der Waals surface area (Å²) < 4.78 is 0. The lowest BCUT2D eigenvalue weighted by atomic mass is 9.98. The number of hydrogen-bond donors (Lipinski definition) is 1. The molecule has 1 N–H and O–H groups in total. The zero-order valence-electron chi connectivity index (χ0n) is 11.7. The summed E-state index contributed by atoms with van der Waals surface area (Å²) in [4.78, 5) is 0. The van der Waals surface area contributed by atoms with Crippen molar-refractivity contribution in [3.05, 3.63) is 0 Å². The Hall–Kier alpha value is -0.0400. The van der Waals surface area contributed by atoms with Crippen molar-refractivity contribution >= 4 is 0 Å². The summed E-state index contributed by atoms with van der Waals surface area (Å²) in [5.74, 6) is 0.955. The van der Waals surface area contributed by atoms with Crippen molar-refractivity contribution in [2.45, 2.75) is 96.1 Å². The molecule has 2 atom stereocenters. The van der Waals surface area contributed by atoms with Gasteiger partial charge in [-0.15, -0.1) is 0 Å². The first-order valence-corrected chi connectivity index (χ1v) is 8.12. The molecule has 2 rings (SSSR count). The molecule has 2 unspecified atom stereocenters. The number of hydrogen-bond acceptors (Lipinski definition) is 1. The smallest absolute Gasteiger partial charge is 0.00989 e. The SMILES string of the molecule is CC1CC1NC1CCCCCCCCCCC1. The molecule has 0 aromatic heterocycles. The van der Waals surface area contributed by atoms with Gasteiger partial charge in [-0.1, -0.05) is 64.7 Å². The zero-order valence-corrected chi connectivity index (χ0v) is 11.7. The van der Waals surface area contributed by atoms with E-state index in [2.05, 4.69) is 12.2 Å². The lowest BCUT2D eigenvalue weighted by Crippen LogP contribution is -2.31. The molecule has 0 spiro atoms. The molecule has 17 heavy (non-hydrogen) atoms. The first-order chi connectivity index (χ1) is 8.36. The van der Waals surface area contributed by atoms with Crippen LogP contribution in [0.4, 0.5) is 0 Å². The van der Waals surface area contributed by atoms with Gasteiger partial charge in [-0.25, -0.2) is 0 Å². The third kappa shape index (κ3) is 5.42. The van der Waals surface area contributed by atoms with Crippen LogP contribution in [0.2, 0.25) is 0 Å². The lowest BCUT2D eigenvalue weighted by molar-refractivity contribution is 0.397. The van der Waals surface area contributed by atoms with Gasteiger partial charge in [0.1, 0.15) is 0 Å². The largest absolute Gasteiger partial charge is 0.311 e. The third-order valence-electron chi connectivity index (χ3n) is 4.66. The van der Waals surface area contributed by atoms with Crippen molar-refractivity contribution in [2.24, 2.45) is 5.92 Å². The minimum atomic E-state index is 0.837. The molecule has 0 aliphatic heterocycles. The van der Waals surface area contributed by atoms with Crippen LogP contribution in [0.15, 0.2) is 0 Å². The molecular weight excluding hydrogens is 206 g/mol. The van der Waals surface area contributed by atoms with Crippen LogP contribution < -0.4 is 5.32 Å². The Morgan fingerprint density at radius 3 is 1.53 bits per heavy atom. The van der Waals surface area contributed by atoms with Gasteiger partial charge in [-0.05, 0) is 25.2 Å². The van der Waals surface area contributed by atoms with Crippen molar-refractivity contribution in [1.82, 2.24) is 5.32 Å². The van der Waals surface area contributed by atoms with E-state index in [1.807, 2.05) is 0 Å². The molecular formula is C16H31N. The molecule has 2 aliphatic rings. The van der Waals surface area contributed by atoms with E-state index < -0.39 is 0 Å². The highest BCUT2D eigenvalue weighted by Crippen LogP contribution is 2.30. The first-order valence-electron chi connectivity index (χ1n) is 8.12. The van der Waals surface area contributed by atoms with Gasteiger partial charge in [-0.2, -0.15) is 0 Å². The van der Waals surface area contributed by atoms with Gasteiger partial charge in [0, 0.05) is 12.1 Å². The molecule has 0 heterocycles. The first kappa shape index (κ1) is 13.4. The molecule has 100 valence electrons. The molecule has 2 aliphatic carbocycles. The van der Waals surface area contributed by atoms with E-state index in [4.69, 9.17) is 0 Å². The topological polar surface area (TPSA) is 12.0 Å². The van der Waals surface area contributed by atoms with Gasteiger partial charge in [0.15, 0.2) is 0 Å². The summed E-state index contributed by atoms with van der Waals surface area (Å²) in [5.41, 5.74) is 0. The standard InChI is InChI=1S/C16H31N/c1-14-13-16(14)17-15-11-9-7-5-3-2-4-6-8-10-12-15/h14-17H,2-13H2,1H3. The maximum Gasteiger partial charge on any atom is 0.00989 e. The van der Waals surface area contributed by atoms with Gasteiger partial charge in [0.2, 0.25) is 0 Å². The summed E-state index contributed by atoms with van der Waals surface area (Å²) in [6.07, 6.45) is 17.6. The third-order valence-corrected chi connectivity index (χ3v) is 4.66. The fourth-order valence-corrected chi connectivity index (χ4v) is 3.19. The van der Waals surface area contributed by atoms with E-state index in [0.29, 0.717) is 0 Å². The Bertz CT molecular complexity index is 190. The average molecular weight is 237 g/mol. The van der Waals surface area contributed by atoms with Crippen molar-refractivity contribution in [2.75, 3.05) is 0 Å². The molecule has 2 saturated carbocycles.